The zero-order chi connectivity index (χ0) is 22.4. The van der Waals surface area contributed by atoms with Crippen molar-refractivity contribution in [2.75, 3.05) is 0 Å². The first-order valence-electron chi connectivity index (χ1n) is 11.7. The molecule has 0 aliphatic heterocycles. The third-order valence-electron chi connectivity index (χ3n) is 7.98. The Kier molecular flexibility index (Phi) is 5.60. The van der Waals surface area contributed by atoms with Gasteiger partial charge in [0.25, 0.3) is 5.56 Å². The molecular formula is C23H34N4O4. The summed E-state index contributed by atoms with van der Waals surface area (Å²) in [5.41, 5.74) is 0.340. The molecule has 2 heterocycles. The van der Waals surface area contributed by atoms with Crippen LogP contribution in [0, 0.1) is 11.3 Å². The number of carboxylic acid groups (broad SMARTS) is 1. The molecule has 3 fully saturated rings. The first kappa shape index (κ1) is 21.8. The summed E-state index contributed by atoms with van der Waals surface area (Å²) in [4.78, 5) is 45.5. The third kappa shape index (κ3) is 3.44. The van der Waals surface area contributed by atoms with Gasteiger partial charge in [0.15, 0.2) is 5.65 Å². The van der Waals surface area contributed by atoms with Gasteiger partial charge in [-0.05, 0) is 62.7 Å². The lowest BCUT2D eigenvalue weighted by Crippen LogP contribution is -2.50. The van der Waals surface area contributed by atoms with Crippen LogP contribution in [0.4, 0.5) is 0 Å². The van der Waals surface area contributed by atoms with E-state index in [-0.39, 0.29) is 28.5 Å². The van der Waals surface area contributed by atoms with Crippen LogP contribution >= 0.6 is 0 Å². The normalized spacial score (nSPS) is 27.8. The van der Waals surface area contributed by atoms with E-state index in [0.717, 1.165) is 50.8 Å². The van der Waals surface area contributed by atoms with Gasteiger partial charge in [0.2, 0.25) is 0 Å². The predicted molar refractivity (Wildman–Crippen MR) is 118 cm³/mol. The summed E-state index contributed by atoms with van der Waals surface area (Å²) in [6.45, 7) is 7.14. The van der Waals surface area contributed by atoms with Crippen molar-refractivity contribution in [2.24, 2.45) is 11.3 Å². The van der Waals surface area contributed by atoms with Crippen molar-refractivity contribution < 1.29 is 9.90 Å². The van der Waals surface area contributed by atoms with E-state index in [0.29, 0.717) is 36.6 Å². The predicted octanol–water partition coefficient (Wildman–Crippen LogP) is 3.41. The maximum atomic E-state index is 13.1. The Morgan fingerprint density at radius 1 is 1.13 bits per heavy atom. The zero-order valence-electron chi connectivity index (χ0n) is 18.9. The topological polar surface area (TPSA) is 110 Å². The van der Waals surface area contributed by atoms with Crippen molar-refractivity contribution in [3.05, 3.63) is 26.7 Å². The van der Waals surface area contributed by atoms with Gasteiger partial charge in [0, 0.05) is 24.9 Å². The van der Waals surface area contributed by atoms with E-state index in [4.69, 9.17) is 10.1 Å². The van der Waals surface area contributed by atoms with Gasteiger partial charge in [0.1, 0.15) is 11.3 Å². The van der Waals surface area contributed by atoms with Crippen LogP contribution in [0.15, 0.2) is 9.59 Å². The van der Waals surface area contributed by atoms with E-state index in [1.54, 1.807) is 4.57 Å². The molecular weight excluding hydrogens is 396 g/mol. The van der Waals surface area contributed by atoms with Crippen LogP contribution < -0.4 is 11.2 Å². The second kappa shape index (κ2) is 7.95. The summed E-state index contributed by atoms with van der Waals surface area (Å²) in [5.74, 6) is 0.449. The average Bonchev–Trinajstić information content (AvgIpc) is 3.20. The minimum atomic E-state index is -0.723. The molecule has 3 aliphatic rings. The second-order valence-electron chi connectivity index (χ2n) is 9.83. The smallest absolute Gasteiger partial charge is 0.332 e. The highest BCUT2D eigenvalue weighted by Crippen LogP contribution is 2.61. The molecule has 8 nitrogen and oxygen atoms in total. The Morgan fingerprint density at radius 2 is 1.77 bits per heavy atom. The van der Waals surface area contributed by atoms with Gasteiger partial charge < -0.3 is 10.1 Å². The van der Waals surface area contributed by atoms with Crippen LogP contribution in [0.2, 0.25) is 0 Å². The van der Waals surface area contributed by atoms with Crippen LogP contribution in [-0.2, 0) is 23.3 Å². The molecule has 2 aromatic heterocycles. The number of aromatic nitrogens is 4. The molecule has 2 N–H and O–H groups in total. The summed E-state index contributed by atoms with van der Waals surface area (Å²) in [5, 5.41) is 9.15. The Bertz CT molecular complexity index is 1100. The highest BCUT2D eigenvalue weighted by atomic mass is 16.4. The number of nitrogens with zero attached hydrogens (tertiary/aromatic N) is 3. The molecule has 3 saturated carbocycles. The number of hydrogen-bond acceptors (Lipinski definition) is 4. The van der Waals surface area contributed by atoms with Crippen LogP contribution in [0.1, 0.15) is 84.4 Å². The lowest BCUT2D eigenvalue weighted by atomic mass is 9.48. The molecule has 2 bridgehead atoms. The Hall–Kier alpha value is -2.38. The number of hydrogen-bond donors (Lipinski definition) is 2. The van der Waals surface area contributed by atoms with Gasteiger partial charge in [-0.1, -0.05) is 20.8 Å². The second-order valence-corrected chi connectivity index (χ2v) is 9.83. The third-order valence-corrected chi connectivity index (χ3v) is 7.98. The SMILES string of the molecule is CCCn1c(=O)c2[nH]c([C@]34CC[C@](CCC(=O)O)(CC3)C[C@@H]4C)nc2n(CCC)c1=O. The van der Waals surface area contributed by atoms with Gasteiger partial charge >= 0.3 is 11.7 Å². The Balaban J connectivity index is 1.77. The zero-order valence-corrected chi connectivity index (χ0v) is 18.9. The number of aryl methyl sites for hydroxylation is 1. The molecule has 1 atom stereocenters. The number of carbonyl (C=O) groups is 1. The summed E-state index contributed by atoms with van der Waals surface area (Å²) < 4.78 is 2.98. The largest absolute Gasteiger partial charge is 0.481 e. The summed E-state index contributed by atoms with van der Waals surface area (Å²) in [6.07, 6.45) is 7.31. The van der Waals surface area contributed by atoms with Crippen molar-refractivity contribution in [1.29, 1.82) is 0 Å². The molecule has 0 radical (unpaired) electrons. The Morgan fingerprint density at radius 3 is 2.35 bits per heavy atom. The maximum absolute atomic E-state index is 13.1. The lowest BCUT2D eigenvalue weighted by Gasteiger charge is -2.56. The fourth-order valence-electron chi connectivity index (χ4n) is 6.21. The summed E-state index contributed by atoms with van der Waals surface area (Å²) >= 11 is 0. The first-order chi connectivity index (χ1) is 14.8. The molecule has 0 spiro atoms. The number of carboxylic acids is 1. The van der Waals surface area contributed by atoms with E-state index >= 15 is 0 Å². The van der Waals surface area contributed by atoms with Crippen LogP contribution in [0.5, 0.6) is 0 Å². The standard InChI is InChI=1S/C23H34N4O4/c1-4-12-26-18-17(19(30)27(13-5-2)21(26)31)24-20(25-18)23-10-8-22(9-11-23,14-15(23)3)7-6-16(28)29/h15H,4-14H2,1-3H3,(H,24,25)(H,28,29)/t15-,22-,23-/m0/s1. The quantitative estimate of drug-likeness (QED) is 0.667. The number of imidazole rings is 1. The van der Waals surface area contributed by atoms with Crippen molar-refractivity contribution in [2.45, 2.75) is 97.1 Å². The molecule has 8 heteroatoms. The number of fused-ring (bicyclic) bond motifs is 4. The van der Waals surface area contributed by atoms with Crippen molar-refractivity contribution in [3.8, 4) is 0 Å². The number of rotatable bonds is 8. The van der Waals surface area contributed by atoms with Gasteiger partial charge in [-0.15, -0.1) is 0 Å². The van der Waals surface area contributed by atoms with Gasteiger partial charge in [-0.25, -0.2) is 9.78 Å². The molecule has 31 heavy (non-hydrogen) atoms. The number of aromatic amines is 1. The van der Waals surface area contributed by atoms with E-state index in [1.807, 2.05) is 13.8 Å². The number of nitrogens with one attached hydrogen (secondary N) is 1. The van der Waals surface area contributed by atoms with Crippen LogP contribution in [0.3, 0.4) is 0 Å². The Labute approximate surface area is 181 Å². The minimum Gasteiger partial charge on any atom is -0.481 e. The molecule has 5 rings (SSSR count). The fraction of sp³-hybridized carbons (Fsp3) is 0.739. The molecule has 170 valence electrons. The van der Waals surface area contributed by atoms with Crippen LogP contribution in [-0.4, -0.2) is 30.2 Å². The van der Waals surface area contributed by atoms with Crippen molar-refractivity contribution >= 4 is 17.1 Å². The van der Waals surface area contributed by atoms with Crippen molar-refractivity contribution in [1.82, 2.24) is 19.1 Å². The summed E-state index contributed by atoms with van der Waals surface area (Å²) in [7, 11) is 0. The van der Waals surface area contributed by atoms with Crippen LogP contribution in [0.25, 0.3) is 11.2 Å². The van der Waals surface area contributed by atoms with Gasteiger partial charge in [0.05, 0.1) is 0 Å². The van der Waals surface area contributed by atoms with E-state index in [2.05, 4.69) is 11.9 Å². The highest BCUT2D eigenvalue weighted by Gasteiger charge is 2.54. The molecule has 0 saturated heterocycles. The highest BCUT2D eigenvalue weighted by molar-refractivity contribution is 5.70. The molecule has 3 aliphatic carbocycles. The summed E-state index contributed by atoms with van der Waals surface area (Å²) in [6, 6.07) is 0. The van der Waals surface area contributed by atoms with E-state index in [1.165, 1.54) is 4.57 Å². The minimum absolute atomic E-state index is 0.115. The van der Waals surface area contributed by atoms with Crippen molar-refractivity contribution in [3.63, 3.8) is 0 Å². The molecule has 2 aromatic rings. The monoisotopic (exact) mass is 430 g/mol. The maximum Gasteiger partial charge on any atom is 0.332 e. The fourth-order valence-corrected chi connectivity index (χ4v) is 6.21. The van der Waals surface area contributed by atoms with Gasteiger partial charge in [-0.3, -0.25) is 18.7 Å². The van der Waals surface area contributed by atoms with E-state index < -0.39 is 5.97 Å². The number of H-pyrrole nitrogens is 1. The first-order valence-corrected chi connectivity index (χ1v) is 11.7. The number of aliphatic carboxylic acids is 1. The average molecular weight is 431 g/mol. The molecule has 0 unspecified atom stereocenters. The molecule has 0 amide bonds. The van der Waals surface area contributed by atoms with E-state index in [9.17, 15) is 14.4 Å². The lowest BCUT2D eigenvalue weighted by molar-refractivity contribution is -0.138. The molecule has 0 aromatic carbocycles. The van der Waals surface area contributed by atoms with Gasteiger partial charge in [-0.2, -0.15) is 0 Å².